The van der Waals surface area contributed by atoms with Crippen LogP contribution in [-0.4, -0.2) is 36.2 Å². The molecular formula is C22H25Cl3N2OS. The van der Waals surface area contributed by atoms with Crippen LogP contribution in [0.15, 0.2) is 42.5 Å². The standard InChI is InChI=1S/C22H25Cl3N2OS/c23-19-8-7-18(21(25)12-19)15-29-11-9-26-22(28)17-5-3-10-27(14-17)13-16-4-1-2-6-20(16)24/h1-2,4,6-8,12,17H,3,5,9-11,13-15H2,(H,26,28). The van der Waals surface area contributed by atoms with E-state index in [1.807, 2.05) is 30.3 Å². The molecule has 1 fully saturated rings. The van der Waals surface area contributed by atoms with E-state index in [2.05, 4.69) is 16.3 Å². The van der Waals surface area contributed by atoms with Gasteiger partial charge in [0.05, 0.1) is 5.92 Å². The predicted octanol–water partition coefficient (Wildman–Crippen LogP) is 5.91. The third kappa shape index (κ3) is 7.08. The maximum absolute atomic E-state index is 12.6. The Morgan fingerprint density at radius 3 is 2.72 bits per heavy atom. The number of benzene rings is 2. The molecule has 1 unspecified atom stereocenters. The molecule has 3 rings (SSSR count). The van der Waals surface area contributed by atoms with Gasteiger partial charge in [0, 0.05) is 46.2 Å². The van der Waals surface area contributed by atoms with E-state index in [-0.39, 0.29) is 11.8 Å². The average molecular weight is 472 g/mol. The molecule has 1 aliphatic heterocycles. The van der Waals surface area contributed by atoms with Gasteiger partial charge in [0.2, 0.25) is 5.91 Å². The number of amides is 1. The lowest BCUT2D eigenvalue weighted by Gasteiger charge is -2.32. The SMILES string of the molecule is O=C(NCCSCc1ccc(Cl)cc1Cl)C1CCCN(Cc2ccccc2Cl)C1. The van der Waals surface area contributed by atoms with Gasteiger partial charge in [-0.1, -0.05) is 59.1 Å². The highest BCUT2D eigenvalue weighted by molar-refractivity contribution is 7.98. The van der Waals surface area contributed by atoms with Crippen molar-refractivity contribution in [3.63, 3.8) is 0 Å². The van der Waals surface area contributed by atoms with Crippen LogP contribution in [0.5, 0.6) is 0 Å². The number of nitrogens with one attached hydrogen (secondary N) is 1. The number of rotatable bonds is 8. The summed E-state index contributed by atoms with van der Waals surface area (Å²) < 4.78 is 0. The van der Waals surface area contributed by atoms with Crippen molar-refractivity contribution in [2.45, 2.75) is 25.1 Å². The van der Waals surface area contributed by atoms with Gasteiger partial charge in [-0.25, -0.2) is 0 Å². The average Bonchev–Trinajstić information content (AvgIpc) is 2.71. The third-order valence-corrected chi connectivity index (χ3v) is 7.01. The second-order valence-electron chi connectivity index (χ2n) is 7.25. The Hall–Kier alpha value is -0.910. The monoisotopic (exact) mass is 470 g/mol. The van der Waals surface area contributed by atoms with Crippen LogP contribution < -0.4 is 5.32 Å². The molecule has 0 saturated carbocycles. The van der Waals surface area contributed by atoms with Crippen molar-refractivity contribution in [3.8, 4) is 0 Å². The largest absolute Gasteiger partial charge is 0.355 e. The van der Waals surface area contributed by atoms with Gasteiger partial charge in [-0.15, -0.1) is 0 Å². The van der Waals surface area contributed by atoms with Gasteiger partial charge in [-0.05, 0) is 48.7 Å². The maximum Gasteiger partial charge on any atom is 0.224 e. The van der Waals surface area contributed by atoms with Crippen LogP contribution in [-0.2, 0) is 17.1 Å². The van der Waals surface area contributed by atoms with Crippen molar-refractivity contribution >= 4 is 52.5 Å². The minimum absolute atomic E-state index is 0.0435. The summed E-state index contributed by atoms with van der Waals surface area (Å²) in [7, 11) is 0. The molecule has 0 aromatic heterocycles. The number of piperidine rings is 1. The van der Waals surface area contributed by atoms with Gasteiger partial charge in [-0.2, -0.15) is 11.8 Å². The molecule has 1 atom stereocenters. The number of carbonyl (C=O) groups is 1. The van der Waals surface area contributed by atoms with Crippen LogP contribution in [0.25, 0.3) is 0 Å². The van der Waals surface area contributed by atoms with Crippen LogP contribution in [0.1, 0.15) is 24.0 Å². The molecule has 0 spiro atoms. The first-order chi connectivity index (χ1) is 14.0. The summed E-state index contributed by atoms with van der Waals surface area (Å²) in [6.07, 6.45) is 1.98. The van der Waals surface area contributed by atoms with Crippen molar-refractivity contribution in [2.24, 2.45) is 5.92 Å². The number of hydrogen-bond acceptors (Lipinski definition) is 3. The number of carbonyl (C=O) groups excluding carboxylic acids is 1. The number of likely N-dealkylation sites (tertiary alicyclic amines) is 1. The Kier molecular flexibility index (Phi) is 9.01. The Bertz CT molecular complexity index is 833. The fourth-order valence-corrected chi connectivity index (χ4v) is 5.10. The van der Waals surface area contributed by atoms with Crippen LogP contribution >= 0.6 is 46.6 Å². The molecule has 1 N–H and O–H groups in total. The van der Waals surface area contributed by atoms with Gasteiger partial charge in [0.25, 0.3) is 0 Å². The molecule has 3 nitrogen and oxygen atoms in total. The topological polar surface area (TPSA) is 32.3 Å². The van der Waals surface area contributed by atoms with Crippen molar-refractivity contribution in [1.82, 2.24) is 10.2 Å². The highest BCUT2D eigenvalue weighted by atomic mass is 35.5. The van der Waals surface area contributed by atoms with E-state index in [0.717, 1.165) is 60.1 Å². The van der Waals surface area contributed by atoms with Crippen molar-refractivity contribution in [2.75, 3.05) is 25.4 Å². The molecule has 0 aliphatic carbocycles. The lowest BCUT2D eigenvalue weighted by atomic mass is 9.96. The molecule has 156 valence electrons. The molecule has 2 aromatic carbocycles. The smallest absolute Gasteiger partial charge is 0.224 e. The highest BCUT2D eigenvalue weighted by Crippen LogP contribution is 2.25. The van der Waals surface area contributed by atoms with Crippen LogP contribution in [0, 0.1) is 5.92 Å². The zero-order valence-electron chi connectivity index (χ0n) is 16.2. The van der Waals surface area contributed by atoms with Crippen molar-refractivity contribution < 1.29 is 4.79 Å². The number of nitrogens with zero attached hydrogens (tertiary/aromatic N) is 1. The molecule has 1 aliphatic rings. The van der Waals surface area contributed by atoms with E-state index in [9.17, 15) is 4.79 Å². The molecule has 1 saturated heterocycles. The van der Waals surface area contributed by atoms with Gasteiger partial charge in [0.1, 0.15) is 0 Å². The Morgan fingerprint density at radius 1 is 1.10 bits per heavy atom. The van der Waals surface area contributed by atoms with E-state index < -0.39 is 0 Å². The summed E-state index contributed by atoms with van der Waals surface area (Å²) in [6.45, 7) is 3.24. The van der Waals surface area contributed by atoms with E-state index in [0.29, 0.717) is 16.6 Å². The molecule has 29 heavy (non-hydrogen) atoms. The van der Waals surface area contributed by atoms with Gasteiger partial charge < -0.3 is 5.32 Å². The Balaban J connectivity index is 1.38. The fraction of sp³-hybridized carbons (Fsp3) is 0.409. The summed E-state index contributed by atoms with van der Waals surface area (Å²) in [5.41, 5.74) is 2.18. The van der Waals surface area contributed by atoms with Crippen LogP contribution in [0.2, 0.25) is 15.1 Å². The molecule has 1 heterocycles. The van der Waals surface area contributed by atoms with Gasteiger partial charge >= 0.3 is 0 Å². The van der Waals surface area contributed by atoms with Crippen molar-refractivity contribution in [3.05, 3.63) is 68.7 Å². The lowest BCUT2D eigenvalue weighted by molar-refractivity contribution is -0.126. The Morgan fingerprint density at radius 2 is 1.93 bits per heavy atom. The molecular weight excluding hydrogens is 447 g/mol. The molecule has 2 aromatic rings. The van der Waals surface area contributed by atoms with E-state index in [1.165, 1.54) is 0 Å². The van der Waals surface area contributed by atoms with Crippen LogP contribution in [0.3, 0.4) is 0 Å². The lowest BCUT2D eigenvalue weighted by Crippen LogP contribution is -2.43. The normalized spacial score (nSPS) is 17.3. The minimum Gasteiger partial charge on any atom is -0.355 e. The van der Waals surface area contributed by atoms with E-state index >= 15 is 0 Å². The number of thioether (sulfide) groups is 1. The second kappa shape index (κ2) is 11.5. The molecule has 7 heteroatoms. The highest BCUT2D eigenvalue weighted by Gasteiger charge is 2.25. The number of hydrogen-bond donors (Lipinski definition) is 1. The van der Waals surface area contributed by atoms with Crippen molar-refractivity contribution in [1.29, 1.82) is 0 Å². The minimum atomic E-state index is 0.0435. The molecule has 1 amide bonds. The summed E-state index contributed by atoms with van der Waals surface area (Å²) in [4.78, 5) is 14.9. The summed E-state index contributed by atoms with van der Waals surface area (Å²) >= 11 is 20.2. The summed E-state index contributed by atoms with van der Waals surface area (Å²) in [5, 5.41) is 5.22. The Labute approximate surface area is 192 Å². The van der Waals surface area contributed by atoms with Gasteiger partial charge in [-0.3, -0.25) is 9.69 Å². The molecule has 0 radical (unpaired) electrons. The number of halogens is 3. The predicted molar refractivity (Wildman–Crippen MR) is 125 cm³/mol. The zero-order chi connectivity index (χ0) is 20.6. The maximum atomic E-state index is 12.6. The second-order valence-corrected chi connectivity index (χ2v) is 9.60. The first kappa shape index (κ1) is 22.8. The zero-order valence-corrected chi connectivity index (χ0v) is 19.3. The molecule has 0 bridgehead atoms. The van der Waals surface area contributed by atoms with Gasteiger partial charge in [0.15, 0.2) is 0 Å². The van der Waals surface area contributed by atoms with Crippen LogP contribution in [0.4, 0.5) is 0 Å². The van der Waals surface area contributed by atoms with E-state index in [4.69, 9.17) is 34.8 Å². The summed E-state index contributed by atoms with van der Waals surface area (Å²) in [5.74, 6) is 1.85. The quantitative estimate of drug-likeness (QED) is 0.486. The fourth-order valence-electron chi connectivity index (χ4n) is 3.49. The summed E-state index contributed by atoms with van der Waals surface area (Å²) in [6, 6.07) is 13.5. The first-order valence-electron chi connectivity index (χ1n) is 9.78. The van der Waals surface area contributed by atoms with E-state index in [1.54, 1.807) is 17.8 Å². The third-order valence-electron chi connectivity index (χ3n) is 5.05. The first-order valence-corrected chi connectivity index (χ1v) is 12.1.